The summed E-state index contributed by atoms with van der Waals surface area (Å²) in [6.45, 7) is 0. The van der Waals surface area contributed by atoms with Crippen molar-refractivity contribution in [2.75, 3.05) is 5.32 Å². The normalized spacial score (nSPS) is 12.3. The van der Waals surface area contributed by atoms with E-state index in [1.54, 1.807) is 36.4 Å². The van der Waals surface area contributed by atoms with E-state index >= 15 is 0 Å². The number of amides is 1. The molecule has 1 heterocycles. The first-order valence-corrected chi connectivity index (χ1v) is 6.80. The molecule has 1 aliphatic heterocycles. The van der Waals surface area contributed by atoms with E-state index in [4.69, 9.17) is 21.3 Å². The molecule has 20 heavy (non-hydrogen) atoms. The monoisotopic (exact) mass is 354 g/mol. The SMILES string of the molecule is O=C(Nc1cccc(Cl)c1)c1cc2c(cc1Br)ONO2. The third kappa shape index (κ3) is 2.58. The molecule has 1 amide bonds. The van der Waals surface area contributed by atoms with Gasteiger partial charge in [-0.15, -0.1) is 0 Å². The van der Waals surface area contributed by atoms with Crippen LogP contribution in [-0.2, 0) is 0 Å². The van der Waals surface area contributed by atoms with Crippen LogP contribution in [0.5, 0.6) is 11.5 Å². The molecule has 102 valence electrons. The Bertz CT molecular complexity index is 693. The molecule has 0 spiro atoms. The summed E-state index contributed by atoms with van der Waals surface area (Å²) in [5.74, 6) is 0.679. The Morgan fingerprint density at radius 3 is 2.70 bits per heavy atom. The van der Waals surface area contributed by atoms with Gasteiger partial charge in [-0.25, -0.2) is 0 Å². The van der Waals surface area contributed by atoms with Crippen molar-refractivity contribution in [2.45, 2.75) is 0 Å². The topological polar surface area (TPSA) is 59.6 Å². The number of benzene rings is 2. The van der Waals surface area contributed by atoms with Gasteiger partial charge in [-0.05, 0) is 34.1 Å². The molecular weight excluding hydrogens is 348 g/mol. The molecule has 0 aliphatic carbocycles. The number of hydrogen-bond acceptors (Lipinski definition) is 4. The highest BCUT2D eigenvalue weighted by molar-refractivity contribution is 9.10. The molecule has 0 fully saturated rings. The molecule has 0 saturated heterocycles. The maximum Gasteiger partial charge on any atom is 0.256 e. The van der Waals surface area contributed by atoms with Crippen LogP contribution >= 0.6 is 27.5 Å². The summed E-state index contributed by atoms with van der Waals surface area (Å²) in [5, 5.41) is 3.31. The summed E-state index contributed by atoms with van der Waals surface area (Å²) in [5.41, 5.74) is 3.31. The maximum atomic E-state index is 12.2. The zero-order chi connectivity index (χ0) is 14.1. The van der Waals surface area contributed by atoms with Crippen molar-refractivity contribution in [1.29, 1.82) is 0 Å². The van der Waals surface area contributed by atoms with Crippen LogP contribution in [0.15, 0.2) is 40.9 Å². The summed E-state index contributed by atoms with van der Waals surface area (Å²) in [7, 11) is 0. The lowest BCUT2D eigenvalue weighted by atomic mass is 10.2. The van der Waals surface area contributed by atoms with Crippen LogP contribution in [0.4, 0.5) is 5.69 Å². The first kappa shape index (κ1) is 13.2. The standard InChI is InChI=1S/C13H8BrClN2O3/c14-10-6-12-11(19-17-20-12)5-9(10)13(18)16-8-3-1-2-7(15)4-8/h1-6,17H,(H,16,18). The Labute approximate surface area is 127 Å². The van der Waals surface area contributed by atoms with Crippen LogP contribution in [-0.4, -0.2) is 5.91 Å². The van der Waals surface area contributed by atoms with Crippen molar-refractivity contribution in [1.82, 2.24) is 5.64 Å². The smallest absolute Gasteiger partial charge is 0.256 e. The van der Waals surface area contributed by atoms with Gasteiger partial charge in [0.15, 0.2) is 11.5 Å². The summed E-state index contributed by atoms with van der Waals surface area (Å²) in [6, 6.07) is 10.2. The van der Waals surface area contributed by atoms with Gasteiger partial charge < -0.3 is 15.0 Å². The summed E-state index contributed by atoms with van der Waals surface area (Å²) < 4.78 is 0.600. The van der Waals surface area contributed by atoms with Crippen molar-refractivity contribution in [2.24, 2.45) is 0 Å². The summed E-state index contributed by atoms with van der Waals surface area (Å²) in [4.78, 5) is 22.3. The van der Waals surface area contributed by atoms with Crippen LogP contribution in [0.25, 0.3) is 0 Å². The fraction of sp³-hybridized carbons (Fsp3) is 0. The largest absolute Gasteiger partial charge is 0.370 e. The van der Waals surface area contributed by atoms with E-state index in [1.807, 2.05) is 0 Å². The molecule has 0 unspecified atom stereocenters. The molecule has 1 aliphatic rings. The molecule has 0 aromatic heterocycles. The average Bonchev–Trinajstić information content (AvgIpc) is 2.84. The Morgan fingerprint density at radius 1 is 1.20 bits per heavy atom. The minimum atomic E-state index is -0.280. The van der Waals surface area contributed by atoms with Crippen molar-refractivity contribution in [3.63, 3.8) is 0 Å². The van der Waals surface area contributed by atoms with Crippen molar-refractivity contribution in [3.8, 4) is 11.5 Å². The molecule has 2 N–H and O–H groups in total. The molecular formula is C13H8BrClN2O3. The zero-order valence-electron chi connectivity index (χ0n) is 9.94. The fourth-order valence-corrected chi connectivity index (χ4v) is 2.44. The molecule has 2 aromatic rings. The first-order chi connectivity index (χ1) is 9.63. The predicted octanol–water partition coefficient (Wildman–Crippen LogP) is 3.55. The van der Waals surface area contributed by atoms with E-state index in [1.165, 1.54) is 0 Å². The number of carbonyl (C=O) groups excluding carboxylic acids is 1. The van der Waals surface area contributed by atoms with Crippen LogP contribution in [0, 0.1) is 0 Å². The Morgan fingerprint density at radius 2 is 1.95 bits per heavy atom. The maximum absolute atomic E-state index is 12.2. The zero-order valence-corrected chi connectivity index (χ0v) is 12.3. The number of carbonyl (C=O) groups is 1. The van der Waals surface area contributed by atoms with Gasteiger partial charge in [0.1, 0.15) is 0 Å². The van der Waals surface area contributed by atoms with Crippen LogP contribution in [0.2, 0.25) is 5.02 Å². The third-order valence-electron chi connectivity index (χ3n) is 2.66. The Balaban J connectivity index is 1.87. The first-order valence-electron chi connectivity index (χ1n) is 5.62. The number of hydrogen-bond donors (Lipinski definition) is 2. The van der Waals surface area contributed by atoms with E-state index in [0.29, 0.717) is 32.2 Å². The van der Waals surface area contributed by atoms with Crippen molar-refractivity contribution in [3.05, 3.63) is 51.5 Å². The quantitative estimate of drug-likeness (QED) is 0.865. The Kier molecular flexibility index (Phi) is 3.52. The molecule has 0 saturated carbocycles. The van der Waals surface area contributed by atoms with E-state index < -0.39 is 0 Å². The van der Waals surface area contributed by atoms with Gasteiger partial charge in [-0.1, -0.05) is 17.7 Å². The minimum Gasteiger partial charge on any atom is -0.370 e. The number of fused-ring (bicyclic) bond motifs is 1. The molecule has 2 aromatic carbocycles. The summed E-state index contributed by atoms with van der Waals surface area (Å²) >= 11 is 9.21. The third-order valence-corrected chi connectivity index (χ3v) is 3.55. The average molecular weight is 356 g/mol. The molecule has 7 heteroatoms. The fourth-order valence-electron chi connectivity index (χ4n) is 1.74. The molecule has 5 nitrogen and oxygen atoms in total. The number of halogens is 2. The second-order valence-corrected chi connectivity index (χ2v) is 5.32. The van der Waals surface area contributed by atoms with Gasteiger partial charge in [0.25, 0.3) is 5.91 Å². The minimum absolute atomic E-state index is 0.280. The number of nitrogens with one attached hydrogen (secondary N) is 2. The second-order valence-electron chi connectivity index (χ2n) is 4.03. The molecule has 0 radical (unpaired) electrons. The van der Waals surface area contributed by atoms with Crippen molar-refractivity contribution >= 4 is 39.1 Å². The molecule has 3 rings (SSSR count). The Hall–Kier alpha value is -1.76. The molecule has 0 bridgehead atoms. The van der Waals surface area contributed by atoms with Gasteiger partial charge in [0.2, 0.25) is 0 Å². The second kappa shape index (κ2) is 5.32. The van der Waals surface area contributed by atoms with Gasteiger partial charge in [-0.3, -0.25) is 4.79 Å². The van der Waals surface area contributed by atoms with E-state index in [2.05, 4.69) is 26.9 Å². The number of rotatable bonds is 2. The van der Waals surface area contributed by atoms with Gasteiger partial charge in [0.05, 0.1) is 5.56 Å². The van der Waals surface area contributed by atoms with Crippen LogP contribution in [0.1, 0.15) is 10.4 Å². The highest BCUT2D eigenvalue weighted by Gasteiger charge is 2.20. The lowest BCUT2D eigenvalue weighted by Gasteiger charge is -2.07. The lowest BCUT2D eigenvalue weighted by Crippen LogP contribution is -2.14. The predicted molar refractivity (Wildman–Crippen MR) is 77.9 cm³/mol. The highest BCUT2D eigenvalue weighted by Crippen LogP contribution is 2.35. The van der Waals surface area contributed by atoms with Crippen molar-refractivity contribution < 1.29 is 14.5 Å². The summed E-state index contributed by atoms with van der Waals surface area (Å²) in [6.07, 6.45) is 0. The van der Waals surface area contributed by atoms with E-state index in [-0.39, 0.29) is 5.91 Å². The van der Waals surface area contributed by atoms with Crippen LogP contribution in [0.3, 0.4) is 0 Å². The highest BCUT2D eigenvalue weighted by atomic mass is 79.9. The van der Waals surface area contributed by atoms with Gasteiger partial charge >= 0.3 is 0 Å². The lowest BCUT2D eigenvalue weighted by molar-refractivity contribution is 0.0259. The van der Waals surface area contributed by atoms with Crippen LogP contribution < -0.4 is 20.6 Å². The van der Waals surface area contributed by atoms with Gasteiger partial charge in [-0.2, -0.15) is 0 Å². The van der Waals surface area contributed by atoms with Gasteiger partial charge in [0, 0.05) is 33.0 Å². The molecule has 0 atom stereocenters. The number of anilines is 1. The van der Waals surface area contributed by atoms with E-state index in [0.717, 1.165) is 0 Å². The van der Waals surface area contributed by atoms with E-state index in [9.17, 15) is 4.79 Å².